The van der Waals surface area contributed by atoms with Crippen LogP contribution in [0, 0.1) is 13.8 Å². The van der Waals surface area contributed by atoms with Gasteiger partial charge in [-0.2, -0.15) is 0 Å². The SMILES string of the molecule is COc1ccccc1N(CC(=O)NC(C)c1cc(C)ccc1C)S(C)(=O)=O. The second-order valence-corrected chi connectivity index (χ2v) is 8.50. The van der Waals surface area contributed by atoms with E-state index in [0.717, 1.165) is 27.3 Å². The predicted molar refractivity (Wildman–Crippen MR) is 108 cm³/mol. The van der Waals surface area contributed by atoms with Crippen molar-refractivity contribution >= 4 is 21.6 Å². The van der Waals surface area contributed by atoms with Crippen molar-refractivity contribution in [3.8, 4) is 5.75 Å². The lowest BCUT2D eigenvalue weighted by Gasteiger charge is -2.25. The number of anilines is 1. The number of carbonyl (C=O) groups is 1. The van der Waals surface area contributed by atoms with Crippen molar-refractivity contribution in [2.75, 3.05) is 24.2 Å². The number of rotatable bonds is 7. The van der Waals surface area contributed by atoms with Crippen LogP contribution in [0.25, 0.3) is 0 Å². The van der Waals surface area contributed by atoms with Crippen LogP contribution in [0.1, 0.15) is 29.7 Å². The number of para-hydroxylation sites is 2. The number of carbonyl (C=O) groups excluding carboxylic acids is 1. The van der Waals surface area contributed by atoms with E-state index in [9.17, 15) is 13.2 Å². The number of aryl methyl sites for hydroxylation is 2. The summed E-state index contributed by atoms with van der Waals surface area (Å²) in [6.07, 6.45) is 1.07. The monoisotopic (exact) mass is 390 g/mol. The first kappa shape index (κ1) is 20.8. The molecule has 0 saturated carbocycles. The lowest BCUT2D eigenvalue weighted by Crippen LogP contribution is -2.41. The summed E-state index contributed by atoms with van der Waals surface area (Å²) < 4.78 is 30.9. The fourth-order valence-electron chi connectivity index (χ4n) is 2.94. The van der Waals surface area contributed by atoms with Gasteiger partial charge in [0.1, 0.15) is 12.3 Å². The number of nitrogens with zero attached hydrogens (tertiary/aromatic N) is 1. The summed E-state index contributed by atoms with van der Waals surface area (Å²) in [4.78, 5) is 12.6. The molecule has 0 spiro atoms. The Balaban J connectivity index is 2.23. The van der Waals surface area contributed by atoms with Gasteiger partial charge in [0.05, 0.1) is 25.1 Å². The number of methoxy groups -OCH3 is 1. The molecule has 1 amide bonds. The summed E-state index contributed by atoms with van der Waals surface area (Å²) in [6.45, 7) is 5.53. The normalized spacial score (nSPS) is 12.3. The first-order valence-electron chi connectivity index (χ1n) is 8.60. The lowest BCUT2D eigenvalue weighted by molar-refractivity contribution is -0.120. The summed E-state index contributed by atoms with van der Waals surface area (Å²) in [6, 6.07) is 12.5. The van der Waals surface area contributed by atoms with Crippen LogP contribution in [0.5, 0.6) is 5.75 Å². The van der Waals surface area contributed by atoms with Crippen molar-refractivity contribution < 1.29 is 17.9 Å². The molecule has 0 heterocycles. The number of hydrogen-bond acceptors (Lipinski definition) is 4. The number of benzene rings is 2. The lowest BCUT2D eigenvalue weighted by atomic mass is 10.00. The van der Waals surface area contributed by atoms with E-state index in [-0.39, 0.29) is 18.5 Å². The first-order valence-corrected chi connectivity index (χ1v) is 10.5. The minimum Gasteiger partial charge on any atom is -0.495 e. The first-order chi connectivity index (χ1) is 12.6. The summed E-state index contributed by atoms with van der Waals surface area (Å²) in [5.41, 5.74) is 3.50. The highest BCUT2D eigenvalue weighted by atomic mass is 32.2. The number of nitrogens with one attached hydrogen (secondary N) is 1. The summed E-state index contributed by atoms with van der Waals surface area (Å²) >= 11 is 0. The van der Waals surface area contributed by atoms with Crippen molar-refractivity contribution in [3.63, 3.8) is 0 Å². The molecule has 1 N–H and O–H groups in total. The van der Waals surface area contributed by atoms with Crippen LogP contribution in [0.15, 0.2) is 42.5 Å². The van der Waals surface area contributed by atoms with Gasteiger partial charge in [-0.3, -0.25) is 9.10 Å². The van der Waals surface area contributed by atoms with E-state index in [1.165, 1.54) is 7.11 Å². The third-order valence-corrected chi connectivity index (χ3v) is 5.45. The number of amides is 1. The van der Waals surface area contributed by atoms with Gasteiger partial charge in [0.15, 0.2) is 0 Å². The maximum absolute atomic E-state index is 12.6. The quantitative estimate of drug-likeness (QED) is 0.789. The Kier molecular flexibility index (Phi) is 6.49. The smallest absolute Gasteiger partial charge is 0.241 e. The van der Waals surface area contributed by atoms with Gasteiger partial charge in [-0.25, -0.2) is 8.42 Å². The fraction of sp³-hybridized carbons (Fsp3) is 0.350. The van der Waals surface area contributed by atoms with E-state index in [1.54, 1.807) is 24.3 Å². The van der Waals surface area contributed by atoms with Crippen molar-refractivity contribution in [1.82, 2.24) is 5.32 Å². The Morgan fingerprint density at radius 1 is 1.19 bits per heavy atom. The van der Waals surface area contributed by atoms with Crippen LogP contribution in [0.3, 0.4) is 0 Å². The molecule has 1 atom stereocenters. The molecule has 0 bridgehead atoms. The molecule has 0 aliphatic heterocycles. The maximum Gasteiger partial charge on any atom is 0.241 e. The molecule has 0 aromatic heterocycles. The third kappa shape index (κ3) is 5.23. The van der Waals surface area contributed by atoms with E-state index in [4.69, 9.17) is 4.74 Å². The predicted octanol–water partition coefficient (Wildman–Crippen LogP) is 2.96. The molecular formula is C20H26N2O4S. The highest BCUT2D eigenvalue weighted by Crippen LogP contribution is 2.29. The van der Waals surface area contributed by atoms with E-state index in [2.05, 4.69) is 5.32 Å². The van der Waals surface area contributed by atoms with Crippen LogP contribution in [-0.4, -0.2) is 34.2 Å². The highest BCUT2D eigenvalue weighted by molar-refractivity contribution is 7.92. The van der Waals surface area contributed by atoms with Crippen LogP contribution in [-0.2, 0) is 14.8 Å². The number of sulfonamides is 1. The van der Waals surface area contributed by atoms with Crippen LogP contribution in [0.4, 0.5) is 5.69 Å². The molecule has 0 aliphatic rings. The number of ether oxygens (including phenoxy) is 1. The molecule has 6 nitrogen and oxygen atoms in total. The van der Waals surface area contributed by atoms with Gasteiger partial charge < -0.3 is 10.1 Å². The second kappa shape index (κ2) is 8.43. The average molecular weight is 391 g/mol. The van der Waals surface area contributed by atoms with Crippen LogP contribution >= 0.6 is 0 Å². The molecule has 146 valence electrons. The molecule has 2 rings (SSSR count). The minimum atomic E-state index is -3.67. The van der Waals surface area contributed by atoms with Gasteiger partial charge in [0.2, 0.25) is 15.9 Å². The van der Waals surface area contributed by atoms with Crippen molar-refractivity contribution in [1.29, 1.82) is 0 Å². The Hall–Kier alpha value is -2.54. The Morgan fingerprint density at radius 2 is 1.85 bits per heavy atom. The fourth-order valence-corrected chi connectivity index (χ4v) is 3.80. The zero-order valence-corrected chi connectivity index (χ0v) is 17.1. The molecule has 0 fully saturated rings. The van der Waals surface area contributed by atoms with Gasteiger partial charge in [-0.05, 0) is 44.0 Å². The third-order valence-electron chi connectivity index (χ3n) is 4.32. The Labute approximate surface area is 161 Å². The molecule has 27 heavy (non-hydrogen) atoms. The molecule has 0 radical (unpaired) electrons. The van der Waals surface area contributed by atoms with Gasteiger partial charge in [-0.1, -0.05) is 35.9 Å². The van der Waals surface area contributed by atoms with E-state index >= 15 is 0 Å². The topological polar surface area (TPSA) is 75.7 Å². The standard InChI is InChI=1S/C20H26N2O4S/c1-14-10-11-15(2)17(12-14)16(3)21-20(23)13-22(27(5,24)25)18-8-6-7-9-19(18)26-4/h6-12,16H,13H2,1-5H3,(H,21,23). The largest absolute Gasteiger partial charge is 0.495 e. The van der Waals surface area contributed by atoms with Crippen LogP contribution in [0.2, 0.25) is 0 Å². The molecule has 0 saturated heterocycles. The van der Waals surface area contributed by atoms with Gasteiger partial charge in [-0.15, -0.1) is 0 Å². The molecular weight excluding hydrogens is 364 g/mol. The zero-order chi connectivity index (χ0) is 20.2. The Morgan fingerprint density at radius 3 is 2.48 bits per heavy atom. The van der Waals surface area contributed by atoms with Gasteiger partial charge >= 0.3 is 0 Å². The van der Waals surface area contributed by atoms with Crippen molar-refractivity contribution in [2.45, 2.75) is 26.8 Å². The van der Waals surface area contributed by atoms with Crippen molar-refractivity contribution in [3.05, 3.63) is 59.2 Å². The highest BCUT2D eigenvalue weighted by Gasteiger charge is 2.24. The molecule has 1 unspecified atom stereocenters. The minimum absolute atomic E-state index is 0.239. The number of hydrogen-bond donors (Lipinski definition) is 1. The van der Waals surface area contributed by atoms with E-state index in [1.807, 2.05) is 39.0 Å². The van der Waals surface area contributed by atoms with Crippen LogP contribution < -0.4 is 14.4 Å². The average Bonchev–Trinajstić information content (AvgIpc) is 2.60. The molecule has 0 aliphatic carbocycles. The summed E-state index contributed by atoms with van der Waals surface area (Å²) in [7, 11) is -2.21. The van der Waals surface area contributed by atoms with Gasteiger partial charge in [0, 0.05) is 0 Å². The summed E-state index contributed by atoms with van der Waals surface area (Å²) in [5, 5.41) is 2.89. The second-order valence-electron chi connectivity index (χ2n) is 6.59. The van der Waals surface area contributed by atoms with Gasteiger partial charge in [0.25, 0.3) is 0 Å². The summed E-state index contributed by atoms with van der Waals surface area (Å²) in [5.74, 6) is -0.00182. The Bertz CT molecular complexity index is 925. The maximum atomic E-state index is 12.6. The molecule has 7 heteroatoms. The molecule has 2 aromatic rings. The van der Waals surface area contributed by atoms with E-state index < -0.39 is 10.0 Å². The van der Waals surface area contributed by atoms with Crippen molar-refractivity contribution in [2.24, 2.45) is 0 Å². The molecule has 2 aromatic carbocycles. The van der Waals surface area contributed by atoms with E-state index in [0.29, 0.717) is 11.4 Å². The zero-order valence-electron chi connectivity index (χ0n) is 16.3.